The predicted molar refractivity (Wildman–Crippen MR) is 78.6 cm³/mol. The van der Waals surface area contributed by atoms with Crippen LogP contribution in [0.15, 0.2) is 11.3 Å². The number of ether oxygens (including phenoxy) is 1. The molecule has 7 nitrogen and oxygen atoms in total. The summed E-state index contributed by atoms with van der Waals surface area (Å²) in [5.41, 5.74) is 0.998. The summed E-state index contributed by atoms with van der Waals surface area (Å²) in [6, 6.07) is -0.322. The summed E-state index contributed by atoms with van der Waals surface area (Å²) in [4.78, 5) is 25.4. The highest BCUT2D eigenvalue weighted by atomic mass is 16.5. The van der Waals surface area contributed by atoms with Crippen LogP contribution >= 0.6 is 0 Å². The van der Waals surface area contributed by atoms with E-state index in [1.807, 2.05) is 4.90 Å². The molecule has 0 unspecified atom stereocenters. The number of esters is 1. The molecular weight excluding hydrogens is 274 g/mol. The van der Waals surface area contributed by atoms with Crippen LogP contribution in [0, 0.1) is 0 Å². The number of nitrogens with one attached hydrogen (secondary N) is 2. The summed E-state index contributed by atoms with van der Waals surface area (Å²) < 4.78 is 5.01. The van der Waals surface area contributed by atoms with Crippen LogP contribution < -0.4 is 10.6 Å². The molecule has 7 heteroatoms. The summed E-state index contributed by atoms with van der Waals surface area (Å²) in [5.74, 6) is -0.417. The molecule has 2 amide bonds. The standard InChI is InChI=1S/C14H25N3O4/c1-3-5-6-17(7-8-18)10-12-11(13(19)21-4-2)9-15-14(20)16-12/h18H,3-10H2,1-2H3,(H2,15,16,20). The van der Waals surface area contributed by atoms with Crippen LogP contribution in [-0.2, 0) is 9.53 Å². The van der Waals surface area contributed by atoms with Gasteiger partial charge in [-0.3, -0.25) is 4.90 Å². The third-order valence-electron chi connectivity index (χ3n) is 3.20. The van der Waals surface area contributed by atoms with E-state index in [2.05, 4.69) is 17.6 Å². The Morgan fingerprint density at radius 2 is 2.14 bits per heavy atom. The van der Waals surface area contributed by atoms with Gasteiger partial charge in [-0.15, -0.1) is 0 Å². The van der Waals surface area contributed by atoms with Gasteiger partial charge in [0.05, 0.1) is 25.3 Å². The zero-order chi connectivity index (χ0) is 15.7. The van der Waals surface area contributed by atoms with E-state index in [4.69, 9.17) is 9.84 Å². The first-order chi connectivity index (χ1) is 10.1. The van der Waals surface area contributed by atoms with Crippen LogP contribution in [-0.4, -0.2) is 61.4 Å². The number of amides is 2. The van der Waals surface area contributed by atoms with Crippen LogP contribution in [0.5, 0.6) is 0 Å². The van der Waals surface area contributed by atoms with Gasteiger partial charge in [0.2, 0.25) is 0 Å². The van der Waals surface area contributed by atoms with Crippen molar-refractivity contribution in [2.24, 2.45) is 0 Å². The van der Waals surface area contributed by atoms with Crippen molar-refractivity contribution in [3.8, 4) is 0 Å². The third-order valence-corrected chi connectivity index (χ3v) is 3.20. The van der Waals surface area contributed by atoms with Crippen molar-refractivity contribution in [2.75, 3.05) is 39.4 Å². The van der Waals surface area contributed by atoms with Crippen LogP contribution in [0.1, 0.15) is 26.7 Å². The summed E-state index contributed by atoms with van der Waals surface area (Å²) in [6.45, 7) is 6.06. The van der Waals surface area contributed by atoms with Crippen molar-refractivity contribution >= 4 is 12.0 Å². The second kappa shape index (κ2) is 9.36. The molecule has 0 fully saturated rings. The average molecular weight is 299 g/mol. The van der Waals surface area contributed by atoms with Crippen molar-refractivity contribution in [2.45, 2.75) is 26.7 Å². The highest BCUT2D eigenvalue weighted by Crippen LogP contribution is 2.10. The van der Waals surface area contributed by atoms with Gasteiger partial charge in [-0.1, -0.05) is 13.3 Å². The SMILES string of the molecule is CCCCN(CCO)CC1=C(C(=O)OCC)CNC(=O)N1. The van der Waals surface area contributed by atoms with E-state index in [9.17, 15) is 9.59 Å². The van der Waals surface area contributed by atoms with Gasteiger partial charge in [-0.25, -0.2) is 9.59 Å². The maximum Gasteiger partial charge on any atom is 0.337 e. The minimum absolute atomic E-state index is 0.0396. The Bertz CT molecular complexity index is 396. The molecule has 0 radical (unpaired) electrons. The fraction of sp³-hybridized carbons (Fsp3) is 0.714. The molecule has 0 aromatic carbocycles. The lowest BCUT2D eigenvalue weighted by Gasteiger charge is -2.27. The van der Waals surface area contributed by atoms with Gasteiger partial charge in [0.25, 0.3) is 0 Å². The monoisotopic (exact) mass is 299 g/mol. The minimum Gasteiger partial charge on any atom is -0.463 e. The van der Waals surface area contributed by atoms with Crippen LogP contribution in [0.4, 0.5) is 4.79 Å². The molecule has 0 atom stereocenters. The van der Waals surface area contributed by atoms with E-state index < -0.39 is 5.97 Å². The number of hydrogen-bond acceptors (Lipinski definition) is 5. The maximum absolute atomic E-state index is 11.9. The largest absolute Gasteiger partial charge is 0.463 e. The Kier molecular flexibility index (Phi) is 7.78. The van der Waals surface area contributed by atoms with Crippen molar-refractivity contribution < 1.29 is 19.4 Å². The predicted octanol–water partition coefficient (Wildman–Crippen LogP) is 0.211. The zero-order valence-corrected chi connectivity index (χ0v) is 12.8. The summed E-state index contributed by atoms with van der Waals surface area (Å²) in [6.07, 6.45) is 2.04. The smallest absolute Gasteiger partial charge is 0.337 e. The number of carbonyl (C=O) groups is 2. The first-order valence-corrected chi connectivity index (χ1v) is 7.39. The minimum atomic E-state index is -0.417. The van der Waals surface area contributed by atoms with E-state index in [0.29, 0.717) is 31.0 Å². The second-order valence-electron chi connectivity index (χ2n) is 4.84. The molecule has 1 aliphatic rings. The molecule has 0 aromatic heterocycles. The summed E-state index contributed by atoms with van der Waals surface area (Å²) in [7, 11) is 0. The molecule has 0 saturated carbocycles. The van der Waals surface area contributed by atoms with Crippen LogP contribution in [0.2, 0.25) is 0 Å². The van der Waals surface area contributed by atoms with Gasteiger partial charge < -0.3 is 20.5 Å². The molecule has 3 N–H and O–H groups in total. The number of hydrogen-bond donors (Lipinski definition) is 3. The molecular formula is C14H25N3O4. The normalized spacial score (nSPS) is 15.0. The van der Waals surface area contributed by atoms with E-state index in [0.717, 1.165) is 19.4 Å². The fourth-order valence-corrected chi connectivity index (χ4v) is 2.10. The third kappa shape index (κ3) is 5.73. The van der Waals surface area contributed by atoms with Crippen molar-refractivity contribution in [3.05, 3.63) is 11.3 Å². The molecule has 120 valence electrons. The highest BCUT2D eigenvalue weighted by Gasteiger charge is 2.24. The Labute approximate surface area is 125 Å². The summed E-state index contributed by atoms with van der Waals surface area (Å²) >= 11 is 0. The summed E-state index contributed by atoms with van der Waals surface area (Å²) in [5, 5.41) is 14.4. The number of urea groups is 1. The molecule has 0 aliphatic carbocycles. The molecule has 0 spiro atoms. The first kappa shape index (κ1) is 17.5. The number of unbranched alkanes of at least 4 members (excludes halogenated alkanes) is 1. The van der Waals surface area contributed by atoms with Crippen molar-refractivity contribution in [1.82, 2.24) is 15.5 Å². The van der Waals surface area contributed by atoms with Gasteiger partial charge in [0.15, 0.2) is 0 Å². The molecule has 0 aromatic rings. The first-order valence-electron chi connectivity index (χ1n) is 7.39. The van der Waals surface area contributed by atoms with Crippen molar-refractivity contribution in [1.29, 1.82) is 0 Å². The molecule has 1 rings (SSSR count). The van der Waals surface area contributed by atoms with Gasteiger partial charge in [-0.05, 0) is 19.9 Å². The molecule has 1 aliphatic heterocycles. The van der Waals surface area contributed by atoms with E-state index >= 15 is 0 Å². The van der Waals surface area contributed by atoms with Gasteiger partial charge in [0, 0.05) is 18.8 Å². The average Bonchev–Trinajstić information content (AvgIpc) is 2.45. The second-order valence-corrected chi connectivity index (χ2v) is 4.84. The van der Waals surface area contributed by atoms with Crippen LogP contribution in [0.25, 0.3) is 0 Å². The van der Waals surface area contributed by atoms with Crippen molar-refractivity contribution in [3.63, 3.8) is 0 Å². The lowest BCUT2D eigenvalue weighted by Crippen LogP contribution is -2.47. The van der Waals surface area contributed by atoms with Gasteiger partial charge in [0.1, 0.15) is 0 Å². The molecule has 0 bridgehead atoms. The van der Waals surface area contributed by atoms with Gasteiger partial charge in [-0.2, -0.15) is 0 Å². The number of aliphatic hydroxyl groups excluding tert-OH is 1. The number of nitrogens with zero attached hydrogens (tertiary/aromatic N) is 1. The van der Waals surface area contributed by atoms with E-state index in [1.54, 1.807) is 6.92 Å². The quantitative estimate of drug-likeness (QED) is 0.530. The molecule has 21 heavy (non-hydrogen) atoms. The Morgan fingerprint density at radius 3 is 2.76 bits per heavy atom. The Hall–Kier alpha value is -1.60. The maximum atomic E-state index is 11.9. The Balaban J connectivity index is 2.83. The zero-order valence-electron chi connectivity index (χ0n) is 12.8. The highest BCUT2D eigenvalue weighted by molar-refractivity contribution is 5.93. The molecule has 0 saturated heterocycles. The van der Waals surface area contributed by atoms with E-state index in [1.165, 1.54) is 0 Å². The van der Waals surface area contributed by atoms with Crippen LogP contribution in [0.3, 0.4) is 0 Å². The topological polar surface area (TPSA) is 90.9 Å². The number of rotatable bonds is 9. The lowest BCUT2D eigenvalue weighted by atomic mass is 10.1. The van der Waals surface area contributed by atoms with E-state index in [-0.39, 0.29) is 19.2 Å². The van der Waals surface area contributed by atoms with Gasteiger partial charge >= 0.3 is 12.0 Å². The number of carbonyl (C=O) groups excluding carboxylic acids is 2. The molecule has 1 heterocycles. The number of aliphatic hydroxyl groups is 1. The lowest BCUT2D eigenvalue weighted by molar-refractivity contribution is -0.138. The fourth-order valence-electron chi connectivity index (χ4n) is 2.10. The Morgan fingerprint density at radius 1 is 1.38 bits per heavy atom.